The number of aryl methyl sites for hydroxylation is 2. The molecule has 5 nitrogen and oxygen atoms in total. The van der Waals surface area contributed by atoms with E-state index in [2.05, 4.69) is 26.0 Å². The molecule has 2 aromatic rings. The first kappa shape index (κ1) is 23.7. The molecule has 0 bridgehead atoms. The smallest absolute Gasteiger partial charge is 0.180 e. The summed E-state index contributed by atoms with van der Waals surface area (Å²) in [5.41, 5.74) is 5.38. The van der Waals surface area contributed by atoms with E-state index in [4.69, 9.17) is 25.8 Å². The standard InChI is InChI=1S/C29H29ClO5/c1-16-10-11-18(12-17(16)2)15-34-29-20(30)13-19(14-25(29)33-3)26-27-21(31)6-4-8-23(27)35-24-9-5-7-22(32)28(24)26/h10-14,26H,4-9,15H2,1-3H3. The zero-order valence-electron chi connectivity index (χ0n) is 20.3. The average molecular weight is 493 g/mol. The Balaban J connectivity index is 1.54. The Hall–Kier alpha value is -3.05. The number of Topliss-reactive ketones (excluding diaryl/α,β-unsaturated/α-hetero) is 2. The zero-order valence-corrected chi connectivity index (χ0v) is 21.1. The summed E-state index contributed by atoms with van der Waals surface area (Å²) in [6.45, 7) is 4.49. The molecular formula is C29H29ClO5. The van der Waals surface area contributed by atoms with Gasteiger partial charge in [-0.25, -0.2) is 0 Å². The molecule has 0 unspecified atom stereocenters. The molecule has 0 spiro atoms. The van der Waals surface area contributed by atoms with Gasteiger partial charge >= 0.3 is 0 Å². The highest BCUT2D eigenvalue weighted by Crippen LogP contribution is 2.50. The van der Waals surface area contributed by atoms with Crippen molar-refractivity contribution >= 4 is 23.2 Å². The Bertz CT molecular complexity index is 1240. The van der Waals surface area contributed by atoms with Crippen LogP contribution in [0.3, 0.4) is 0 Å². The third-order valence-corrected chi connectivity index (χ3v) is 7.46. The van der Waals surface area contributed by atoms with Crippen molar-refractivity contribution in [1.82, 2.24) is 0 Å². The van der Waals surface area contributed by atoms with Gasteiger partial charge in [0.1, 0.15) is 18.1 Å². The van der Waals surface area contributed by atoms with Gasteiger partial charge < -0.3 is 14.2 Å². The monoisotopic (exact) mass is 492 g/mol. The highest BCUT2D eigenvalue weighted by Gasteiger charge is 2.42. The molecule has 6 heteroatoms. The number of halogens is 1. The van der Waals surface area contributed by atoms with Crippen molar-refractivity contribution in [2.24, 2.45) is 0 Å². The van der Waals surface area contributed by atoms with Gasteiger partial charge in [-0.2, -0.15) is 0 Å². The molecule has 0 amide bonds. The van der Waals surface area contributed by atoms with Crippen LogP contribution in [-0.4, -0.2) is 18.7 Å². The lowest BCUT2D eigenvalue weighted by atomic mass is 9.73. The van der Waals surface area contributed by atoms with E-state index < -0.39 is 5.92 Å². The summed E-state index contributed by atoms with van der Waals surface area (Å²) >= 11 is 6.74. The maximum atomic E-state index is 13.0. The van der Waals surface area contributed by atoms with E-state index in [1.54, 1.807) is 13.2 Å². The van der Waals surface area contributed by atoms with Crippen LogP contribution in [0.1, 0.15) is 66.7 Å². The van der Waals surface area contributed by atoms with Crippen LogP contribution in [0.25, 0.3) is 0 Å². The number of benzene rings is 2. The lowest BCUT2D eigenvalue weighted by molar-refractivity contribution is -0.117. The highest BCUT2D eigenvalue weighted by molar-refractivity contribution is 6.32. The van der Waals surface area contributed by atoms with Crippen LogP contribution < -0.4 is 9.47 Å². The SMILES string of the molecule is COc1cc(C2C3=C(CCCC3=O)OC3=C2C(=O)CCC3)cc(Cl)c1OCc1ccc(C)c(C)c1. The Kier molecular flexibility index (Phi) is 6.45. The van der Waals surface area contributed by atoms with Crippen molar-refractivity contribution in [2.75, 3.05) is 7.11 Å². The molecule has 182 valence electrons. The van der Waals surface area contributed by atoms with Crippen molar-refractivity contribution < 1.29 is 23.8 Å². The van der Waals surface area contributed by atoms with Gasteiger partial charge in [-0.05, 0) is 61.1 Å². The van der Waals surface area contributed by atoms with Crippen LogP contribution in [0.2, 0.25) is 5.02 Å². The normalized spacial score (nSPS) is 18.3. The average Bonchev–Trinajstić information content (AvgIpc) is 2.84. The molecule has 2 aliphatic carbocycles. The number of hydrogen-bond acceptors (Lipinski definition) is 5. The van der Waals surface area contributed by atoms with Gasteiger partial charge in [0, 0.05) is 42.7 Å². The van der Waals surface area contributed by atoms with E-state index in [0.717, 1.165) is 24.0 Å². The van der Waals surface area contributed by atoms with Crippen molar-refractivity contribution in [3.05, 3.63) is 80.3 Å². The van der Waals surface area contributed by atoms with E-state index in [1.807, 2.05) is 12.1 Å². The summed E-state index contributed by atoms with van der Waals surface area (Å²) in [7, 11) is 1.56. The van der Waals surface area contributed by atoms with Crippen LogP contribution in [0.5, 0.6) is 11.5 Å². The molecule has 0 N–H and O–H groups in total. The molecule has 3 aliphatic rings. The molecular weight excluding hydrogens is 464 g/mol. The molecule has 0 radical (unpaired) electrons. The topological polar surface area (TPSA) is 61.8 Å². The second-order valence-corrected chi connectivity index (χ2v) is 9.91. The molecule has 1 aliphatic heterocycles. The lowest BCUT2D eigenvalue weighted by Gasteiger charge is -2.36. The molecule has 0 atom stereocenters. The predicted molar refractivity (Wildman–Crippen MR) is 134 cm³/mol. The summed E-state index contributed by atoms with van der Waals surface area (Å²) in [6, 6.07) is 9.84. The van der Waals surface area contributed by atoms with Gasteiger partial charge in [0.05, 0.1) is 12.1 Å². The Morgan fingerprint density at radius 2 is 1.57 bits per heavy atom. The van der Waals surface area contributed by atoms with E-state index in [9.17, 15) is 9.59 Å². The Labute approximate surface area is 210 Å². The fourth-order valence-electron chi connectivity index (χ4n) is 5.25. The van der Waals surface area contributed by atoms with Gasteiger partial charge in [0.25, 0.3) is 0 Å². The van der Waals surface area contributed by atoms with Crippen molar-refractivity contribution in [2.45, 2.75) is 64.9 Å². The maximum Gasteiger partial charge on any atom is 0.180 e. The Morgan fingerprint density at radius 3 is 2.17 bits per heavy atom. The van der Waals surface area contributed by atoms with Crippen LogP contribution in [0.4, 0.5) is 0 Å². The number of ketones is 2. The minimum atomic E-state index is -0.491. The van der Waals surface area contributed by atoms with Gasteiger partial charge in [-0.1, -0.05) is 29.8 Å². The summed E-state index contributed by atoms with van der Waals surface area (Å²) in [4.78, 5) is 26.1. The summed E-state index contributed by atoms with van der Waals surface area (Å²) < 4.78 is 17.9. The predicted octanol–water partition coefficient (Wildman–Crippen LogP) is 6.67. The Morgan fingerprint density at radius 1 is 0.914 bits per heavy atom. The lowest BCUT2D eigenvalue weighted by Crippen LogP contribution is -2.30. The fraction of sp³-hybridized carbons (Fsp3) is 0.379. The minimum Gasteiger partial charge on any atom is -0.493 e. The first-order valence-electron chi connectivity index (χ1n) is 12.1. The van der Waals surface area contributed by atoms with Crippen LogP contribution >= 0.6 is 11.6 Å². The molecule has 0 saturated heterocycles. The van der Waals surface area contributed by atoms with Crippen LogP contribution in [-0.2, 0) is 20.9 Å². The first-order chi connectivity index (χ1) is 16.9. The molecule has 0 aromatic heterocycles. The van der Waals surface area contributed by atoms with Gasteiger partial charge in [0.15, 0.2) is 23.1 Å². The third-order valence-electron chi connectivity index (χ3n) is 7.18. The van der Waals surface area contributed by atoms with Crippen LogP contribution in [0, 0.1) is 13.8 Å². The number of carbonyl (C=O) groups excluding carboxylic acids is 2. The quantitative estimate of drug-likeness (QED) is 0.466. The van der Waals surface area contributed by atoms with E-state index >= 15 is 0 Å². The van der Waals surface area contributed by atoms with E-state index in [-0.39, 0.29) is 11.6 Å². The second kappa shape index (κ2) is 9.54. The number of methoxy groups -OCH3 is 1. The largest absolute Gasteiger partial charge is 0.493 e. The first-order valence-corrected chi connectivity index (χ1v) is 12.5. The molecule has 0 fully saturated rings. The highest BCUT2D eigenvalue weighted by atomic mass is 35.5. The van der Waals surface area contributed by atoms with E-state index in [0.29, 0.717) is 71.5 Å². The van der Waals surface area contributed by atoms with Crippen LogP contribution in [0.15, 0.2) is 53.0 Å². The van der Waals surface area contributed by atoms with Gasteiger partial charge in [-0.15, -0.1) is 0 Å². The molecule has 2 aromatic carbocycles. The number of ether oxygens (including phenoxy) is 3. The van der Waals surface area contributed by atoms with Crippen molar-refractivity contribution in [3.63, 3.8) is 0 Å². The molecule has 0 saturated carbocycles. The summed E-state index contributed by atoms with van der Waals surface area (Å²) in [6.07, 6.45) is 3.83. The maximum absolute atomic E-state index is 13.0. The fourth-order valence-corrected chi connectivity index (χ4v) is 5.52. The number of carbonyl (C=O) groups is 2. The summed E-state index contributed by atoms with van der Waals surface area (Å²) in [5.74, 6) is 1.89. The number of allylic oxidation sites excluding steroid dienone is 4. The van der Waals surface area contributed by atoms with Crippen molar-refractivity contribution in [1.29, 1.82) is 0 Å². The van der Waals surface area contributed by atoms with Gasteiger partial charge in [-0.3, -0.25) is 9.59 Å². The van der Waals surface area contributed by atoms with Gasteiger partial charge in [0.2, 0.25) is 0 Å². The molecule has 35 heavy (non-hydrogen) atoms. The third kappa shape index (κ3) is 4.38. The molecule has 5 rings (SSSR count). The zero-order chi connectivity index (χ0) is 24.7. The van der Waals surface area contributed by atoms with Crippen molar-refractivity contribution in [3.8, 4) is 11.5 Å². The number of hydrogen-bond donors (Lipinski definition) is 0. The summed E-state index contributed by atoms with van der Waals surface area (Å²) in [5, 5.41) is 0.380. The minimum absolute atomic E-state index is 0.0336. The van der Waals surface area contributed by atoms with E-state index in [1.165, 1.54) is 11.1 Å². The second-order valence-electron chi connectivity index (χ2n) is 9.50. The number of rotatable bonds is 5. The molecule has 1 heterocycles.